The molecule has 0 amide bonds. The standard InChI is InChI=1S/C16H31N3/c1-16(2)8-5-9-19(16)15-13(10-18-11-14(15)17)12-6-3-4-7-12/h12-15,18H,3-11,17H2,1-2H3. The molecular weight excluding hydrogens is 234 g/mol. The molecule has 0 aromatic carbocycles. The number of hydrogen-bond acceptors (Lipinski definition) is 3. The van der Waals surface area contributed by atoms with Gasteiger partial charge >= 0.3 is 0 Å². The first-order valence-corrected chi connectivity index (χ1v) is 8.33. The van der Waals surface area contributed by atoms with Crippen LogP contribution in [0.1, 0.15) is 52.4 Å². The summed E-state index contributed by atoms with van der Waals surface area (Å²) < 4.78 is 0. The van der Waals surface area contributed by atoms with Crippen LogP contribution in [0, 0.1) is 11.8 Å². The molecule has 0 aromatic heterocycles. The number of nitrogens with two attached hydrogens (primary N) is 1. The van der Waals surface area contributed by atoms with Gasteiger partial charge in [-0.2, -0.15) is 0 Å². The molecule has 3 nitrogen and oxygen atoms in total. The Morgan fingerprint density at radius 1 is 1.11 bits per heavy atom. The van der Waals surface area contributed by atoms with Crippen molar-refractivity contribution in [2.45, 2.75) is 70.0 Å². The van der Waals surface area contributed by atoms with Gasteiger partial charge in [-0.3, -0.25) is 4.90 Å². The number of rotatable bonds is 2. The molecule has 0 bridgehead atoms. The van der Waals surface area contributed by atoms with Crippen LogP contribution < -0.4 is 11.1 Å². The van der Waals surface area contributed by atoms with Crippen LogP contribution in [0.2, 0.25) is 0 Å². The Bertz CT molecular complexity index is 309. The van der Waals surface area contributed by atoms with E-state index in [4.69, 9.17) is 5.73 Å². The minimum Gasteiger partial charge on any atom is -0.325 e. The fraction of sp³-hybridized carbons (Fsp3) is 1.00. The van der Waals surface area contributed by atoms with E-state index in [1.54, 1.807) is 0 Å². The SMILES string of the molecule is CC1(C)CCCN1C1C(N)CNCC1C1CCCC1. The van der Waals surface area contributed by atoms with E-state index in [2.05, 4.69) is 24.1 Å². The third-order valence-electron chi connectivity index (χ3n) is 5.97. The smallest absolute Gasteiger partial charge is 0.0327 e. The van der Waals surface area contributed by atoms with Gasteiger partial charge in [0.05, 0.1) is 0 Å². The molecule has 2 saturated heterocycles. The first-order valence-electron chi connectivity index (χ1n) is 8.33. The normalized spacial score (nSPS) is 40.9. The second-order valence-corrected chi connectivity index (χ2v) is 7.63. The molecule has 3 heteroatoms. The first-order chi connectivity index (χ1) is 9.09. The maximum atomic E-state index is 6.53. The van der Waals surface area contributed by atoms with E-state index >= 15 is 0 Å². The van der Waals surface area contributed by atoms with Crippen LogP contribution in [0.15, 0.2) is 0 Å². The summed E-state index contributed by atoms with van der Waals surface area (Å²) in [4.78, 5) is 2.77. The average molecular weight is 265 g/mol. The molecule has 3 rings (SSSR count). The highest BCUT2D eigenvalue weighted by atomic mass is 15.3. The Morgan fingerprint density at radius 3 is 2.47 bits per heavy atom. The summed E-state index contributed by atoms with van der Waals surface area (Å²) in [6.07, 6.45) is 8.43. The van der Waals surface area contributed by atoms with E-state index in [1.165, 1.54) is 51.6 Å². The zero-order chi connectivity index (χ0) is 13.5. The molecule has 1 aliphatic carbocycles. The zero-order valence-electron chi connectivity index (χ0n) is 12.7. The first kappa shape index (κ1) is 13.8. The van der Waals surface area contributed by atoms with Gasteiger partial charge in [0.1, 0.15) is 0 Å². The minimum absolute atomic E-state index is 0.316. The highest BCUT2D eigenvalue weighted by Gasteiger charge is 2.46. The molecule has 19 heavy (non-hydrogen) atoms. The van der Waals surface area contributed by atoms with Crippen molar-refractivity contribution in [2.75, 3.05) is 19.6 Å². The van der Waals surface area contributed by atoms with Crippen LogP contribution in [0.5, 0.6) is 0 Å². The Labute approximate surface area is 118 Å². The van der Waals surface area contributed by atoms with Crippen LogP contribution in [-0.4, -0.2) is 42.2 Å². The summed E-state index contributed by atoms with van der Waals surface area (Å²) in [7, 11) is 0. The lowest BCUT2D eigenvalue weighted by Crippen LogP contribution is -2.65. The maximum Gasteiger partial charge on any atom is 0.0327 e. The van der Waals surface area contributed by atoms with Crippen LogP contribution in [0.25, 0.3) is 0 Å². The summed E-state index contributed by atoms with van der Waals surface area (Å²) in [6.45, 7) is 8.28. The lowest BCUT2D eigenvalue weighted by atomic mass is 9.77. The van der Waals surface area contributed by atoms with E-state index in [9.17, 15) is 0 Å². The number of piperidine rings is 1. The van der Waals surface area contributed by atoms with Gasteiger partial charge < -0.3 is 11.1 Å². The third kappa shape index (κ3) is 2.57. The Kier molecular flexibility index (Phi) is 3.89. The summed E-state index contributed by atoms with van der Waals surface area (Å²) in [5, 5.41) is 3.59. The summed E-state index contributed by atoms with van der Waals surface area (Å²) in [5.41, 5.74) is 6.89. The van der Waals surface area contributed by atoms with E-state index in [0.717, 1.165) is 18.4 Å². The number of nitrogens with zero attached hydrogens (tertiary/aromatic N) is 1. The average Bonchev–Trinajstić information content (AvgIpc) is 2.98. The molecule has 0 spiro atoms. The highest BCUT2D eigenvalue weighted by molar-refractivity contribution is 5.03. The van der Waals surface area contributed by atoms with Crippen molar-refractivity contribution in [3.63, 3.8) is 0 Å². The lowest BCUT2D eigenvalue weighted by molar-refractivity contribution is 0.0239. The van der Waals surface area contributed by atoms with Gasteiger partial charge in [-0.05, 0) is 51.6 Å². The maximum absolute atomic E-state index is 6.53. The summed E-state index contributed by atoms with van der Waals surface area (Å²) >= 11 is 0. The minimum atomic E-state index is 0.316. The van der Waals surface area contributed by atoms with Gasteiger partial charge in [-0.1, -0.05) is 25.7 Å². The van der Waals surface area contributed by atoms with Crippen molar-refractivity contribution < 1.29 is 0 Å². The summed E-state index contributed by atoms with van der Waals surface area (Å²) in [5.74, 6) is 1.70. The quantitative estimate of drug-likeness (QED) is 0.802. The molecule has 0 aromatic rings. The lowest BCUT2D eigenvalue weighted by Gasteiger charge is -2.49. The predicted octanol–water partition coefficient (Wildman–Crippen LogP) is 1.97. The fourth-order valence-corrected chi connectivity index (χ4v) is 4.95. The number of hydrogen-bond donors (Lipinski definition) is 2. The second kappa shape index (κ2) is 5.34. The van der Waals surface area contributed by atoms with Crippen LogP contribution >= 0.6 is 0 Å². The van der Waals surface area contributed by atoms with Gasteiger partial charge in [0.2, 0.25) is 0 Å². The van der Waals surface area contributed by atoms with E-state index < -0.39 is 0 Å². The molecule has 3 atom stereocenters. The van der Waals surface area contributed by atoms with Crippen LogP contribution in [0.4, 0.5) is 0 Å². The highest BCUT2D eigenvalue weighted by Crippen LogP contribution is 2.40. The molecule has 1 saturated carbocycles. The topological polar surface area (TPSA) is 41.3 Å². The molecule has 0 radical (unpaired) electrons. The third-order valence-corrected chi connectivity index (χ3v) is 5.97. The van der Waals surface area contributed by atoms with Crippen molar-refractivity contribution in [1.82, 2.24) is 10.2 Å². The van der Waals surface area contributed by atoms with Crippen molar-refractivity contribution in [3.8, 4) is 0 Å². The van der Waals surface area contributed by atoms with Gasteiger partial charge in [0.15, 0.2) is 0 Å². The van der Waals surface area contributed by atoms with Gasteiger partial charge in [-0.25, -0.2) is 0 Å². The molecule has 3 unspecified atom stereocenters. The van der Waals surface area contributed by atoms with E-state index in [0.29, 0.717) is 17.6 Å². The molecule has 3 N–H and O–H groups in total. The Balaban J connectivity index is 1.81. The van der Waals surface area contributed by atoms with Crippen LogP contribution in [-0.2, 0) is 0 Å². The predicted molar refractivity (Wildman–Crippen MR) is 80.1 cm³/mol. The Hall–Kier alpha value is -0.120. The molecule has 3 aliphatic rings. The molecule has 3 fully saturated rings. The van der Waals surface area contributed by atoms with Crippen molar-refractivity contribution in [2.24, 2.45) is 17.6 Å². The largest absolute Gasteiger partial charge is 0.325 e. The summed E-state index contributed by atoms with van der Waals surface area (Å²) in [6, 6.07) is 0.929. The number of likely N-dealkylation sites (tertiary alicyclic amines) is 1. The van der Waals surface area contributed by atoms with Gasteiger partial charge in [0, 0.05) is 24.2 Å². The number of nitrogens with one attached hydrogen (secondary N) is 1. The monoisotopic (exact) mass is 265 g/mol. The zero-order valence-corrected chi connectivity index (χ0v) is 12.7. The van der Waals surface area contributed by atoms with E-state index in [1.807, 2.05) is 0 Å². The molecule has 110 valence electrons. The van der Waals surface area contributed by atoms with Crippen molar-refractivity contribution in [1.29, 1.82) is 0 Å². The molecule has 2 heterocycles. The van der Waals surface area contributed by atoms with Gasteiger partial charge in [-0.15, -0.1) is 0 Å². The van der Waals surface area contributed by atoms with Crippen molar-refractivity contribution in [3.05, 3.63) is 0 Å². The molecular formula is C16H31N3. The van der Waals surface area contributed by atoms with Crippen LogP contribution in [0.3, 0.4) is 0 Å². The Morgan fingerprint density at radius 2 is 1.84 bits per heavy atom. The fourth-order valence-electron chi connectivity index (χ4n) is 4.95. The molecule has 2 aliphatic heterocycles. The van der Waals surface area contributed by atoms with Crippen molar-refractivity contribution >= 4 is 0 Å². The van der Waals surface area contributed by atoms with E-state index in [-0.39, 0.29) is 0 Å². The second-order valence-electron chi connectivity index (χ2n) is 7.63. The van der Waals surface area contributed by atoms with Gasteiger partial charge in [0.25, 0.3) is 0 Å².